The topological polar surface area (TPSA) is 38.9 Å². The average Bonchev–Trinajstić information content (AvgIpc) is 3.02. The number of aromatic nitrogens is 1. The number of hydrogen-bond donors (Lipinski definition) is 1. The molecule has 1 heterocycles. The van der Waals surface area contributed by atoms with Crippen molar-refractivity contribution in [2.75, 3.05) is 0 Å². The van der Waals surface area contributed by atoms with E-state index in [9.17, 15) is 0 Å². The van der Waals surface area contributed by atoms with Crippen molar-refractivity contribution in [3.05, 3.63) is 39.7 Å². The summed E-state index contributed by atoms with van der Waals surface area (Å²) in [5, 5.41) is 3.25. The lowest BCUT2D eigenvalue weighted by Crippen LogP contribution is -2.32. The average molecular weight is 309 g/mol. The Hall–Kier alpha value is -0.900. The second-order valence-corrected chi connectivity index (χ2v) is 6.56. The van der Waals surface area contributed by atoms with Gasteiger partial charge in [0.15, 0.2) is 0 Å². The van der Waals surface area contributed by atoms with Crippen molar-refractivity contribution >= 4 is 23.7 Å². The van der Waals surface area contributed by atoms with Crippen LogP contribution in [0.5, 0.6) is 0 Å². The first-order chi connectivity index (χ1) is 9.08. The monoisotopic (exact) mass is 308 g/mol. The second-order valence-electron chi connectivity index (χ2n) is 5.70. The minimum Gasteiger partial charge on any atom is -0.319 e. The summed E-state index contributed by atoms with van der Waals surface area (Å²) in [5.74, 6) is 0. The number of rotatable bonds is 2. The molecule has 0 aliphatic heterocycles. The van der Waals surface area contributed by atoms with Crippen molar-refractivity contribution in [3.8, 4) is 11.3 Å². The zero-order valence-electron chi connectivity index (χ0n) is 12.0. The molecule has 1 fully saturated rings. The van der Waals surface area contributed by atoms with Crippen molar-refractivity contribution in [1.29, 1.82) is 0 Å². The predicted molar refractivity (Wildman–Crippen MR) is 88.6 cm³/mol. The predicted octanol–water partition coefficient (Wildman–Crippen LogP) is 4.58. The molecule has 108 valence electrons. The SMILES string of the molecule is Cc1ccc(-c2csc(C3(N)CCCC3)n2)cc1C.Cl. The molecule has 2 aromatic rings. The molecule has 1 aliphatic carbocycles. The fourth-order valence-corrected chi connectivity index (χ4v) is 3.76. The Morgan fingerprint density at radius 3 is 2.50 bits per heavy atom. The lowest BCUT2D eigenvalue weighted by atomic mass is 10.0. The summed E-state index contributed by atoms with van der Waals surface area (Å²) >= 11 is 1.71. The largest absolute Gasteiger partial charge is 0.319 e. The Bertz CT molecular complexity index is 600. The third kappa shape index (κ3) is 2.76. The molecular weight excluding hydrogens is 288 g/mol. The van der Waals surface area contributed by atoms with Gasteiger partial charge in [0.1, 0.15) is 5.01 Å². The molecule has 1 saturated carbocycles. The van der Waals surface area contributed by atoms with Gasteiger partial charge in [0.2, 0.25) is 0 Å². The van der Waals surface area contributed by atoms with Crippen molar-refractivity contribution in [1.82, 2.24) is 4.98 Å². The smallest absolute Gasteiger partial charge is 0.113 e. The minimum atomic E-state index is -0.164. The van der Waals surface area contributed by atoms with Crippen LogP contribution in [0.1, 0.15) is 41.8 Å². The summed E-state index contributed by atoms with van der Waals surface area (Å²) in [6.45, 7) is 4.28. The second kappa shape index (κ2) is 5.84. The van der Waals surface area contributed by atoms with Gasteiger partial charge in [0.25, 0.3) is 0 Å². The first-order valence-electron chi connectivity index (χ1n) is 6.91. The molecule has 4 heteroatoms. The van der Waals surface area contributed by atoms with Crippen LogP contribution in [-0.4, -0.2) is 4.98 Å². The maximum Gasteiger partial charge on any atom is 0.113 e. The normalized spacial score (nSPS) is 16.9. The molecule has 0 spiro atoms. The van der Waals surface area contributed by atoms with Crippen LogP contribution in [-0.2, 0) is 5.54 Å². The highest BCUT2D eigenvalue weighted by Gasteiger charge is 2.34. The molecule has 1 aromatic carbocycles. The van der Waals surface area contributed by atoms with Crippen LogP contribution >= 0.6 is 23.7 Å². The van der Waals surface area contributed by atoms with E-state index in [1.54, 1.807) is 11.3 Å². The molecule has 0 atom stereocenters. The highest BCUT2D eigenvalue weighted by molar-refractivity contribution is 7.10. The van der Waals surface area contributed by atoms with Crippen molar-refractivity contribution < 1.29 is 0 Å². The van der Waals surface area contributed by atoms with E-state index in [1.807, 2.05) is 0 Å². The molecule has 0 saturated heterocycles. The third-order valence-corrected chi connectivity index (χ3v) is 5.29. The Morgan fingerprint density at radius 2 is 1.85 bits per heavy atom. The molecule has 2 nitrogen and oxygen atoms in total. The number of halogens is 1. The van der Waals surface area contributed by atoms with E-state index in [1.165, 1.54) is 29.5 Å². The van der Waals surface area contributed by atoms with Gasteiger partial charge in [-0.05, 0) is 43.9 Å². The van der Waals surface area contributed by atoms with Crippen molar-refractivity contribution in [3.63, 3.8) is 0 Å². The number of thiazole rings is 1. The molecule has 0 unspecified atom stereocenters. The molecule has 0 radical (unpaired) electrons. The van der Waals surface area contributed by atoms with E-state index in [0.717, 1.165) is 23.5 Å². The van der Waals surface area contributed by atoms with Crippen LogP contribution in [0.25, 0.3) is 11.3 Å². The van der Waals surface area contributed by atoms with Crippen LogP contribution in [0, 0.1) is 13.8 Å². The number of nitrogens with zero attached hydrogens (tertiary/aromatic N) is 1. The van der Waals surface area contributed by atoms with Crippen LogP contribution in [0.2, 0.25) is 0 Å². The first-order valence-corrected chi connectivity index (χ1v) is 7.79. The van der Waals surface area contributed by atoms with Crippen LogP contribution < -0.4 is 5.73 Å². The lowest BCUT2D eigenvalue weighted by molar-refractivity contribution is 0.459. The van der Waals surface area contributed by atoms with Gasteiger partial charge in [0, 0.05) is 10.9 Å². The molecule has 0 bridgehead atoms. The Morgan fingerprint density at radius 1 is 1.15 bits per heavy atom. The van der Waals surface area contributed by atoms with E-state index < -0.39 is 0 Å². The van der Waals surface area contributed by atoms with E-state index >= 15 is 0 Å². The first kappa shape index (κ1) is 15.5. The van der Waals surface area contributed by atoms with E-state index in [2.05, 4.69) is 37.4 Å². The summed E-state index contributed by atoms with van der Waals surface area (Å²) in [7, 11) is 0. The highest BCUT2D eigenvalue weighted by Crippen LogP contribution is 2.39. The summed E-state index contributed by atoms with van der Waals surface area (Å²) < 4.78 is 0. The van der Waals surface area contributed by atoms with Gasteiger partial charge in [-0.25, -0.2) is 4.98 Å². The summed E-state index contributed by atoms with van der Waals surface area (Å²) in [4.78, 5) is 4.80. The Kier molecular flexibility index (Phi) is 4.52. The van der Waals surface area contributed by atoms with E-state index in [-0.39, 0.29) is 17.9 Å². The highest BCUT2D eigenvalue weighted by atomic mass is 35.5. The molecule has 2 N–H and O–H groups in total. The number of hydrogen-bond acceptors (Lipinski definition) is 3. The number of benzene rings is 1. The molecule has 0 amide bonds. The van der Waals surface area contributed by atoms with Crippen LogP contribution in [0.15, 0.2) is 23.6 Å². The quantitative estimate of drug-likeness (QED) is 0.882. The van der Waals surface area contributed by atoms with Crippen LogP contribution in [0.4, 0.5) is 0 Å². The maximum absolute atomic E-state index is 6.47. The van der Waals surface area contributed by atoms with Crippen molar-refractivity contribution in [2.24, 2.45) is 5.73 Å². The van der Waals surface area contributed by atoms with Crippen molar-refractivity contribution in [2.45, 2.75) is 45.1 Å². The Balaban J connectivity index is 0.00000147. The standard InChI is InChI=1S/C16H20N2S.ClH/c1-11-5-6-13(9-12(11)2)14-10-19-15(18-14)16(17)7-3-4-8-16;/h5-6,9-10H,3-4,7-8,17H2,1-2H3;1H. The Labute approximate surface area is 130 Å². The third-order valence-electron chi connectivity index (χ3n) is 4.23. The fourth-order valence-electron chi connectivity index (χ4n) is 2.76. The van der Waals surface area contributed by atoms with E-state index in [0.29, 0.717) is 0 Å². The molecule has 20 heavy (non-hydrogen) atoms. The summed E-state index contributed by atoms with van der Waals surface area (Å²) in [5.41, 5.74) is 11.2. The van der Waals surface area contributed by atoms with Gasteiger partial charge >= 0.3 is 0 Å². The van der Waals surface area contributed by atoms with Gasteiger partial charge in [-0.2, -0.15) is 0 Å². The van der Waals surface area contributed by atoms with E-state index in [4.69, 9.17) is 10.7 Å². The summed E-state index contributed by atoms with van der Waals surface area (Å²) in [6.07, 6.45) is 4.61. The minimum absolute atomic E-state index is 0. The molecule has 1 aliphatic rings. The molecule has 1 aromatic heterocycles. The zero-order chi connectivity index (χ0) is 13.5. The van der Waals surface area contributed by atoms with Gasteiger partial charge in [-0.1, -0.05) is 25.0 Å². The van der Waals surface area contributed by atoms with Gasteiger partial charge in [0.05, 0.1) is 11.2 Å². The zero-order valence-corrected chi connectivity index (χ0v) is 13.6. The molecular formula is C16H21ClN2S. The summed E-state index contributed by atoms with van der Waals surface area (Å²) in [6, 6.07) is 6.53. The van der Waals surface area contributed by atoms with Gasteiger partial charge in [-0.3, -0.25) is 0 Å². The van der Waals surface area contributed by atoms with Gasteiger partial charge in [-0.15, -0.1) is 23.7 Å². The maximum atomic E-state index is 6.47. The lowest BCUT2D eigenvalue weighted by Gasteiger charge is -2.19. The molecule has 3 rings (SSSR count). The van der Waals surface area contributed by atoms with Crippen LogP contribution in [0.3, 0.4) is 0 Å². The number of aryl methyl sites for hydroxylation is 2. The number of nitrogens with two attached hydrogens (primary N) is 1. The van der Waals surface area contributed by atoms with Gasteiger partial charge < -0.3 is 5.73 Å². The fraction of sp³-hybridized carbons (Fsp3) is 0.438.